The van der Waals surface area contributed by atoms with Crippen molar-refractivity contribution in [3.05, 3.63) is 64.2 Å². The van der Waals surface area contributed by atoms with Gasteiger partial charge in [0.15, 0.2) is 0 Å². The third-order valence-electron chi connectivity index (χ3n) is 5.13. The number of nitrogens with two attached hydrogens (primary N) is 1. The van der Waals surface area contributed by atoms with Gasteiger partial charge in [0.05, 0.1) is 12.6 Å². The van der Waals surface area contributed by atoms with Crippen molar-refractivity contribution in [1.29, 1.82) is 0 Å². The van der Waals surface area contributed by atoms with E-state index in [1.54, 1.807) is 24.3 Å². The zero-order valence-corrected chi connectivity index (χ0v) is 16.5. The molecule has 0 spiro atoms. The smallest absolute Gasteiger partial charge is 0.251 e. The molecule has 0 unspecified atom stereocenters. The molecule has 1 aliphatic heterocycles. The minimum absolute atomic E-state index is 0.106. The molecule has 3 rings (SSSR count). The van der Waals surface area contributed by atoms with Crippen LogP contribution in [0.3, 0.4) is 0 Å². The van der Waals surface area contributed by atoms with Crippen molar-refractivity contribution in [2.24, 2.45) is 5.73 Å². The van der Waals surface area contributed by atoms with Crippen molar-refractivity contribution < 1.29 is 19.1 Å². The lowest BCUT2D eigenvalue weighted by molar-refractivity contribution is -0.0135. The van der Waals surface area contributed by atoms with Gasteiger partial charge in [0.1, 0.15) is 11.9 Å². The maximum Gasteiger partial charge on any atom is 0.251 e. The third-order valence-corrected chi connectivity index (χ3v) is 5.13. The van der Waals surface area contributed by atoms with Gasteiger partial charge in [0.25, 0.3) is 5.91 Å². The predicted octanol–water partition coefficient (Wildman–Crippen LogP) is 2.68. The summed E-state index contributed by atoms with van der Waals surface area (Å²) in [6.45, 7) is 6.93. The van der Waals surface area contributed by atoms with Crippen molar-refractivity contribution in [3.63, 3.8) is 0 Å². The van der Waals surface area contributed by atoms with Crippen LogP contribution in [-0.2, 0) is 4.74 Å². The van der Waals surface area contributed by atoms with Gasteiger partial charge in [-0.15, -0.1) is 0 Å². The van der Waals surface area contributed by atoms with Crippen molar-refractivity contribution in [3.8, 4) is 5.75 Å². The van der Waals surface area contributed by atoms with Gasteiger partial charge in [-0.2, -0.15) is 0 Å². The number of aryl methyl sites for hydroxylation is 3. The van der Waals surface area contributed by atoms with Crippen LogP contribution in [0.25, 0.3) is 0 Å². The zero-order valence-electron chi connectivity index (χ0n) is 16.5. The molecule has 0 aromatic heterocycles. The van der Waals surface area contributed by atoms with Gasteiger partial charge in [-0.1, -0.05) is 6.07 Å². The summed E-state index contributed by atoms with van der Waals surface area (Å²) in [6.07, 6.45) is 0.351. The molecule has 0 bridgehead atoms. The summed E-state index contributed by atoms with van der Waals surface area (Å²) >= 11 is 0. The number of rotatable bonds is 5. The SMILES string of the molecule is Cc1cc(C)c(C(=O)N[C@@H]2CCOC[C@H]2Oc2ccc(C(N)=O)cc2)cc1C. The number of nitrogens with one attached hydrogen (secondary N) is 1. The van der Waals surface area contributed by atoms with E-state index in [9.17, 15) is 9.59 Å². The highest BCUT2D eigenvalue weighted by atomic mass is 16.5. The number of primary amides is 1. The molecule has 148 valence electrons. The lowest BCUT2D eigenvalue weighted by Crippen LogP contribution is -2.51. The molecule has 2 atom stereocenters. The molecule has 1 aliphatic rings. The fourth-order valence-corrected chi connectivity index (χ4v) is 3.32. The first-order chi connectivity index (χ1) is 13.3. The average molecular weight is 382 g/mol. The summed E-state index contributed by atoms with van der Waals surface area (Å²) < 4.78 is 11.6. The van der Waals surface area contributed by atoms with Crippen LogP contribution in [-0.4, -0.2) is 37.2 Å². The Morgan fingerprint density at radius 2 is 1.75 bits per heavy atom. The van der Waals surface area contributed by atoms with Crippen LogP contribution in [0.5, 0.6) is 5.75 Å². The topological polar surface area (TPSA) is 90.7 Å². The van der Waals surface area contributed by atoms with Gasteiger partial charge < -0.3 is 20.5 Å². The third kappa shape index (κ3) is 4.51. The molecule has 28 heavy (non-hydrogen) atoms. The molecule has 1 heterocycles. The molecule has 2 aromatic rings. The van der Waals surface area contributed by atoms with E-state index in [1.807, 2.05) is 32.9 Å². The molecule has 6 nitrogen and oxygen atoms in total. The Bertz CT molecular complexity index is 877. The maximum atomic E-state index is 12.9. The number of ether oxygens (including phenoxy) is 2. The number of hydrogen-bond acceptors (Lipinski definition) is 4. The Labute approximate surface area is 165 Å². The molecule has 6 heteroatoms. The van der Waals surface area contributed by atoms with Crippen LogP contribution in [0, 0.1) is 20.8 Å². The van der Waals surface area contributed by atoms with Gasteiger partial charge in [-0.3, -0.25) is 9.59 Å². The molecule has 2 amide bonds. The fourth-order valence-electron chi connectivity index (χ4n) is 3.32. The first-order valence-electron chi connectivity index (χ1n) is 9.38. The van der Waals surface area contributed by atoms with Crippen molar-refractivity contribution in [2.45, 2.75) is 39.3 Å². The standard InChI is InChI=1S/C22H26N2O4/c1-13-10-15(3)18(11-14(13)2)22(26)24-19-8-9-27-12-20(19)28-17-6-4-16(5-7-17)21(23)25/h4-7,10-11,19-20H,8-9,12H2,1-3H3,(H2,23,25)(H,24,26)/t19-,20-/m1/s1. The second-order valence-corrected chi connectivity index (χ2v) is 7.24. The Kier molecular flexibility index (Phi) is 5.99. The van der Waals surface area contributed by atoms with Crippen molar-refractivity contribution in [2.75, 3.05) is 13.2 Å². The summed E-state index contributed by atoms with van der Waals surface area (Å²) in [5.74, 6) is 0.00809. The number of amides is 2. The monoisotopic (exact) mass is 382 g/mol. The molecule has 0 radical (unpaired) electrons. The Hall–Kier alpha value is -2.86. The van der Waals surface area contributed by atoms with Crippen LogP contribution in [0.15, 0.2) is 36.4 Å². The van der Waals surface area contributed by atoms with E-state index >= 15 is 0 Å². The molecular formula is C22H26N2O4. The summed E-state index contributed by atoms with van der Waals surface area (Å²) in [5.41, 5.74) is 9.57. The number of benzene rings is 2. The van der Waals surface area contributed by atoms with E-state index in [4.69, 9.17) is 15.2 Å². The molecule has 0 aliphatic carbocycles. The highest BCUT2D eigenvalue weighted by Crippen LogP contribution is 2.20. The fraction of sp³-hybridized carbons (Fsp3) is 0.364. The van der Waals surface area contributed by atoms with Crippen LogP contribution < -0.4 is 15.8 Å². The van der Waals surface area contributed by atoms with E-state index in [2.05, 4.69) is 5.32 Å². The van der Waals surface area contributed by atoms with E-state index in [-0.39, 0.29) is 18.1 Å². The lowest BCUT2D eigenvalue weighted by atomic mass is 9.99. The largest absolute Gasteiger partial charge is 0.486 e. The van der Waals surface area contributed by atoms with E-state index in [0.29, 0.717) is 36.5 Å². The first-order valence-corrected chi connectivity index (χ1v) is 9.38. The van der Waals surface area contributed by atoms with E-state index in [0.717, 1.165) is 11.1 Å². The van der Waals surface area contributed by atoms with Gasteiger partial charge >= 0.3 is 0 Å². The average Bonchev–Trinajstić information content (AvgIpc) is 2.66. The molecule has 1 saturated heterocycles. The van der Waals surface area contributed by atoms with Crippen LogP contribution in [0.4, 0.5) is 0 Å². The Morgan fingerprint density at radius 1 is 1.07 bits per heavy atom. The minimum atomic E-state index is -0.485. The quantitative estimate of drug-likeness (QED) is 0.832. The van der Waals surface area contributed by atoms with Crippen molar-refractivity contribution >= 4 is 11.8 Å². The summed E-state index contributed by atoms with van der Waals surface area (Å²) in [7, 11) is 0. The molecule has 3 N–H and O–H groups in total. The predicted molar refractivity (Wildman–Crippen MR) is 107 cm³/mol. The number of carbonyl (C=O) groups is 2. The van der Waals surface area contributed by atoms with Crippen LogP contribution in [0.1, 0.15) is 43.8 Å². The molecule has 0 saturated carbocycles. The highest BCUT2D eigenvalue weighted by molar-refractivity contribution is 5.96. The van der Waals surface area contributed by atoms with Gasteiger partial charge in [-0.05, 0) is 74.2 Å². The summed E-state index contributed by atoms with van der Waals surface area (Å²) in [6, 6.07) is 10.4. The second-order valence-electron chi connectivity index (χ2n) is 7.24. The second kappa shape index (κ2) is 8.44. The van der Waals surface area contributed by atoms with Gasteiger partial charge in [0, 0.05) is 17.7 Å². The van der Waals surface area contributed by atoms with E-state index < -0.39 is 5.91 Å². The lowest BCUT2D eigenvalue weighted by Gasteiger charge is -2.32. The van der Waals surface area contributed by atoms with Gasteiger partial charge in [-0.25, -0.2) is 0 Å². The Morgan fingerprint density at radius 3 is 2.43 bits per heavy atom. The van der Waals surface area contributed by atoms with Crippen LogP contribution >= 0.6 is 0 Å². The minimum Gasteiger partial charge on any atom is -0.486 e. The van der Waals surface area contributed by atoms with Crippen LogP contribution in [0.2, 0.25) is 0 Å². The maximum absolute atomic E-state index is 12.9. The summed E-state index contributed by atoms with van der Waals surface area (Å²) in [5, 5.41) is 3.10. The zero-order chi connectivity index (χ0) is 20.3. The molecular weight excluding hydrogens is 356 g/mol. The normalized spacial score (nSPS) is 19.1. The van der Waals surface area contributed by atoms with Crippen molar-refractivity contribution in [1.82, 2.24) is 5.32 Å². The number of hydrogen-bond donors (Lipinski definition) is 2. The molecule has 2 aromatic carbocycles. The molecule has 1 fully saturated rings. The summed E-state index contributed by atoms with van der Waals surface area (Å²) in [4.78, 5) is 24.1. The Balaban J connectivity index is 1.72. The van der Waals surface area contributed by atoms with Gasteiger partial charge in [0.2, 0.25) is 5.91 Å². The van der Waals surface area contributed by atoms with E-state index in [1.165, 1.54) is 5.56 Å². The first kappa shape index (κ1) is 19.9. The highest BCUT2D eigenvalue weighted by Gasteiger charge is 2.29. The number of carbonyl (C=O) groups excluding carboxylic acids is 2.